The van der Waals surface area contributed by atoms with Gasteiger partial charge >= 0.3 is 5.97 Å². The predicted octanol–water partition coefficient (Wildman–Crippen LogP) is 4.04. The topological polar surface area (TPSA) is 151 Å². The number of likely N-dealkylation sites (N-methyl/N-ethyl adjacent to an activating group) is 1. The zero-order chi connectivity index (χ0) is 31.6. The van der Waals surface area contributed by atoms with Crippen molar-refractivity contribution < 1.29 is 43.5 Å². The number of carbonyl (C=O) groups is 2. The van der Waals surface area contributed by atoms with E-state index in [1.54, 1.807) is 31.9 Å². The van der Waals surface area contributed by atoms with E-state index in [2.05, 4.69) is 13.0 Å². The van der Waals surface area contributed by atoms with Gasteiger partial charge in [-0.1, -0.05) is 13.3 Å². The molecule has 1 saturated heterocycles. The SMILES string of the molecule is CCCCOC[C@H]1c2c(c(OC(C)=O)c(C)c3c2OCO3)C=C2C3c4c(O)c(OC)c(C)c(O)c4C(=O)C([C@H](C#N)N21)N3C. The van der Waals surface area contributed by atoms with Crippen molar-refractivity contribution in [2.24, 2.45) is 0 Å². The number of nitriles is 1. The average molecular weight is 606 g/mol. The Labute approximate surface area is 254 Å². The number of piperazine rings is 1. The molecular weight excluding hydrogens is 570 g/mol. The standard InChI is InChI=1S/C32H35N3O9/c1-7-8-9-41-12-20-21-17(29(44-16(4)36)15(3)31-32(21)43-13-42-31)10-18-24-22-23(26(37)14(2)30(40-6)28(22)39)27(38)25(34(24)5)19(11-33)35(18)20/h10,19-20,24-25,37,39H,7-9,12-13H2,1-6H3/t19-,20-,24?,25?/m0/s1. The summed E-state index contributed by atoms with van der Waals surface area (Å²) in [6.45, 7) is 7.25. The summed E-state index contributed by atoms with van der Waals surface area (Å²) in [4.78, 5) is 30.1. The molecule has 12 nitrogen and oxygen atoms in total. The molecule has 2 aromatic carbocycles. The number of aromatic hydroxyl groups is 2. The third-order valence-corrected chi connectivity index (χ3v) is 9.02. The number of ketones is 1. The Morgan fingerprint density at radius 1 is 1.14 bits per heavy atom. The molecular formula is C32H35N3O9. The summed E-state index contributed by atoms with van der Waals surface area (Å²) in [5, 5.41) is 33.5. The summed E-state index contributed by atoms with van der Waals surface area (Å²) < 4.78 is 29.2. The molecule has 2 aromatic rings. The first-order valence-corrected chi connectivity index (χ1v) is 14.6. The number of esters is 1. The Morgan fingerprint density at radius 3 is 2.52 bits per heavy atom. The lowest BCUT2D eigenvalue weighted by molar-refractivity contribution is -0.131. The predicted molar refractivity (Wildman–Crippen MR) is 156 cm³/mol. The fourth-order valence-electron chi connectivity index (χ4n) is 7.09. The zero-order valence-corrected chi connectivity index (χ0v) is 25.5. The maximum absolute atomic E-state index is 14.2. The largest absolute Gasteiger partial charge is 0.507 e. The van der Waals surface area contributed by atoms with Gasteiger partial charge in [0.15, 0.2) is 28.8 Å². The average Bonchev–Trinajstić information content (AvgIpc) is 3.48. The summed E-state index contributed by atoms with van der Waals surface area (Å²) in [5.41, 5.74) is 2.62. The molecule has 0 saturated carbocycles. The van der Waals surface area contributed by atoms with Crippen molar-refractivity contribution >= 4 is 17.8 Å². The van der Waals surface area contributed by atoms with Crippen molar-refractivity contribution in [2.45, 2.75) is 64.7 Å². The van der Waals surface area contributed by atoms with E-state index in [-0.39, 0.29) is 53.1 Å². The Hall–Kier alpha value is -4.47. The molecule has 2 N–H and O–H groups in total. The first kappa shape index (κ1) is 29.6. The Balaban J connectivity index is 1.69. The number of nitrogens with zero attached hydrogens (tertiary/aromatic N) is 3. The molecule has 12 heteroatoms. The molecule has 4 atom stereocenters. The number of phenols is 2. The van der Waals surface area contributed by atoms with Crippen LogP contribution in [0.3, 0.4) is 0 Å². The highest BCUT2D eigenvalue weighted by Gasteiger charge is 2.57. The third kappa shape index (κ3) is 4.03. The molecule has 4 aliphatic heterocycles. The molecule has 0 radical (unpaired) electrons. The van der Waals surface area contributed by atoms with E-state index in [0.717, 1.165) is 12.8 Å². The van der Waals surface area contributed by atoms with E-state index in [9.17, 15) is 25.1 Å². The molecule has 0 spiro atoms. The van der Waals surface area contributed by atoms with Gasteiger partial charge in [-0.25, -0.2) is 0 Å². The summed E-state index contributed by atoms with van der Waals surface area (Å²) in [6, 6.07) is -1.11. The minimum Gasteiger partial charge on any atom is -0.507 e. The van der Waals surface area contributed by atoms with Gasteiger partial charge in [0.2, 0.25) is 6.79 Å². The summed E-state index contributed by atoms with van der Waals surface area (Å²) >= 11 is 0. The van der Waals surface area contributed by atoms with Gasteiger partial charge in [0.1, 0.15) is 23.6 Å². The smallest absolute Gasteiger partial charge is 0.308 e. The van der Waals surface area contributed by atoms with Crippen LogP contribution in [0.2, 0.25) is 0 Å². The highest BCUT2D eigenvalue weighted by molar-refractivity contribution is 6.07. The van der Waals surface area contributed by atoms with Crippen LogP contribution >= 0.6 is 0 Å². The van der Waals surface area contributed by atoms with Crippen molar-refractivity contribution in [1.29, 1.82) is 5.26 Å². The second kappa shape index (κ2) is 10.9. The number of unbranched alkanes of at least 4 members (excludes halogenated alkanes) is 1. The lowest BCUT2D eigenvalue weighted by atomic mass is 9.74. The molecule has 232 valence electrons. The van der Waals surface area contributed by atoms with Gasteiger partial charge in [0.25, 0.3) is 0 Å². The van der Waals surface area contributed by atoms with E-state index in [0.29, 0.717) is 40.5 Å². The number of fused-ring (bicyclic) bond motifs is 9. The van der Waals surface area contributed by atoms with Crippen molar-refractivity contribution in [2.75, 3.05) is 34.2 Å². The molecule has 2 unspecified atom stereocenters. The monoisotopic (exact) mass is 605 g/mol. The third-order valence-electron chi connectivity index (χ3n) is 9.02. The van der Waals surface area contributed by atoms with E-state index in [4.69, 9.17) is 23.7 Å². The van der Waals surface area contributed by atoms with E-state index in [1.165, 1.54) is 14.0 Å². The minimum absolute atomic E-state index is 0.0417. The number of hydrogen-bond donors (Lipinski definition) is 2. The molecule has 44 heavy (non-hydrogen) atoms. The summed E-state index contributed by atoms with van der Waals surface area (Å²) in [5.74, 6) is -0.385. The summed E-state index contributed by atoms with van der Waals surface area (Å²) in [6.07, 6.45) is 3.54. The van der Waals surface area contributed by atoms with Crippen LogP contribution < -0.4 is 18.9 Å². The molecule has 4 aliphatic rings. The van der Waals surface area contributed by atoms with Gasteiger partial charge in [0, 0.05) is 47.0 Å². The molecule has 6 rings (SSSR count). The lowest BCUT2D eigenvalue weighted by Crippen LogP contribution is -2.64. The van der Waals surface area contributed by atoms with Crippen LogP contribution in [0.1, 0.15) is 76.9 Å². The van der Waals surface area contributed by atoms with Gasteiger partial charge < -0.3 is 38.8 Å². The number of carbonyl (C=O) groups excluding carboxylic acids is 2. The second-order valence-electron chi connectivity index (χ2n) is 11.5. The number of rotatable bonds is 7. The number of Topliss-reactive ketones (excluding diaryl/α,β-unsaturated/α-hetero) is 1. The van der Waals surface area contributed by atoms with Crippen molar-refractivity contribution in [3.05, 3.63) is 39.1 Å². The first-order chi connectivity index (χ1) is 21.1. The van der Waals surface area contributed by atoms with E-state index in [1.807, 2.05) is 4.90 Å². The fraction of sp³-hybridized carbons (Fsp3) is 0.469. The normalized spacial score (nSPS) is 22.9. The summed E-state index contributed by atoms with van der Waals surface area (Å²) in [7, 11) is 3.09. The molecule has 4 heterocycles. The van der Waals surface area contributed by atoms with Gasteiger partial charge in [-0.05, 0) is 33.4 Å². The fourth-order valence-corrected chi connectivity index (χ4v) is 7.09. The maximum atomic E-state index is 14.2. The molecule has 0 aromatic heterocycles. The van der Waals surface area contributed by atoms with Crippen LogP contribution in [-0.4, -0.2) is 78.0 Å². The number of phenolic OH excluding ortho intramolecular Hbond substituents is 2. The Bertz CT molecular complexity index is 1660. The minimum atomic E-state index is -1.02. The lowest BCUT2D eigenvalue weighted by Gasteiger charge is -2.56. The van der Waals surface area contributed by atoms with Gasteiger partial charge in [0.05, 0.1) is 37.4 Å². The zero-order valence-electron chi connectivity index (χ0n) is 25.5. The van der Waals surface area contributed by atoms with E-state index >= 15 is 0 Å². The van der Waals surface area contributed by atoms with Crippen LogP contribution in [-0.2, 0) is 9.53 Å². The number of ether oxygens (including phenoxy) is 5. The molecule has 0 amide bonds. The van der Waals surface area contributed by atoms with Crippen molar-refractivity contribution in [1.82, 2.24) is 9.80 Å². The van der Waals surface area contributed by atoms with Gasteiger partial charge in [-0.2, -0.15) is 5.26 Å². The molecule has 1 fully saturated rings. The first-order valence-electron chi connectivity index (χ1n) is 14.6. The Kier molecular flexibility index (Phi) is 7.34. The van der Waals surface area contributed by atoms with Crippen LogP contribution in [0.25, 0.3) is 6.08 Å². The van der Waals surface area contributed by atoms with Gasteiger partial charge in [-0.15, -0.1) is 0 Å². The van der Waals surface area contributed by atoms with Crippen LogP contribution in [0.5, 0.6) is 34.5 Å². The van der Waals surface area contributed by atoms with Gasteiger partial charge in [-0.3, -0.25) is 14.5 Å². The van der Waals surface area contributed by atoms with E-state index < -0.39 is 35.9 Å². The number of benzene rings is 2. The van der Waals surface area contributed by atoms with Crippen molar-refractivity contribution in [3.63, 3.8) is 0 Å². The Morgan fingerprint density at radius 2 is 1.86 bits per heavy atom. The van der Waals surface area contributed by atoms with Crippen molar-refractivity contribution in [3.8, 4) is 40.6 Å². The number of methoxy groups -OCH3 is 1. The number of hydrogen-bond acceptors (Lipinski definition) is 12. The van der Waals surface area contributed by atoms with Crippen LogP contribution in [0, 0.1) is 25.2 Å². The second-order valence-corrected chi connectivity index (χ2v) is 11.5. The quantitative estimate of drug-likeness (QED) is 0.203. The highest BCUT2D eigenvalue weighted by atomic mass is 16.7. The van der Waals surface area contributed by atoms with Crippen LogP contribution in [0.15, 0.2) is 5.70 Å². The molecule has 2 bridgehead atoms. The molecule has 0 aliphatic carbocycles. The maximum Gasteiger partial charge on any atom is 0.308 e. The van der Waals surface area contributed by atoms with Crippen LogP contribution in [0.4, 0.5) is 0 Å². The highest BCUT2D eigenvalue weighted by Crippen LogP contribution is 2.60.